The summed E-state index contributed by atoms with van der Waals surface area (Å²) in [4.78, 5) is 0.0742. The molecule has 0 bridgehead atoms. The van der Waals surface area contributed by atoms with E-state index in [-0.39, 0.29) is 4.90 Å². The van der Waals surface area contributed by atoms with Gasteiger partial charge < -0.3 is 10.1 Å². The van der Waals surface area contributed by atoms with Gasteiger partial charge in [-0.3, -0.25) is 0 Å². The quantitative estimate of drug-likeness (QED) is 0.886. The SMILES string of the molecule is CNCc1cc(S(N)(=O)=O)ccc1Oc1ccc(C)c(C)c1. The highest BCUT2D eigenvalue weighted by molar-refractivity contribution is 7.89. The van der Waals surface area contributed by atoms with Crippen LogP contribution in [0.25, 0.3) is 0 Å². The molecule has 0 aliphatic heterocycles. The highest BCUT2D eigenvalue weighted by Crippen LogP contribution is 2.28. The molecular formula is C16H20N2O3S. The van der Waals surface area contributed by atoms with Gasteiger partial charge >= 0.3 is 0 Å². The fourth-order valence-electron chi connectivity index (χ4n) is 2.07. The Labute approximate surface area is 131 Å². The number of rotatable bonds is 5. The van der Waals surface area contributed by atoms with Crippen molar-refractivity contribution in [3.63, 3.8) is 0 Å². The summed E-state index contributed by atoms with van der Waals surface area (Å²) in [7, 11) is -1.95. The Balaban J connectivity index is 2.39. The predicted molar refractivity (Wildman–Crippen MR) is 86.6 cm³/mol. The van der Waals surface area contributed by atoms with Gasteiger partial charge in [0, 0.05) is 12.1 Å². The van der Waals surface area contributed by atoms with E-state index in [1.54, 1.807) is 13.1 Å². The number of primary sulfonamides is 1. The fourth-order valence-corrected chi connectivity index (χ4v) is 2.63. The van der Waals surface area contributed by atoms with E-state index >= 15 is 0 Å². The molecule has 2 aromatic rings. The number of nitrogens with two attached hydrogens (primary N) is 1. The average molecular weight is 320 g/mol. The summed E-state index contributed by atoms with van der Waals surface area (Å²) in [5.74, 6) is 1.31. The lowest BCUT2D eigenvalue weighted by Gasteiger charge is -2.13. The van der Waals surface area contributed by atoms with Gasteiger partial charge in [0.15, 0.2) is 0 Å². The van der Waals surface area contributed by atoms with Crippen molar-refractivity contribution >= 4 is 10.0 Å². The average Bonchev–Trinajstić information content (AvgIpc) is 2.44. The van der Waals surface area contributed by atoms with Crippen molar-refractivity contribution in [3.8, 4) is 11.5 Å². The Hall–Kier alpha value is -1.89. The molecule has 0 spiro atoms. The molecule has 0 atom stereocenters. The van der Waals surface area contributed by atoms with Crippen LogP contribution in [-0.2, 0) is 16.6 Å². The number of sulfonamides is 1. The van der Waals surface area contributed by atoms with Crippen LogP contribution in [0, 0.1) is 13.8 Å². The smallest absolute Gasteiger partial charge is 0.238 e. The second kappa shape index (κ2) is 6.48. The van der Waals surface area contributed by atoms with Crippen LogP contribution in [0.5, 0.6) is 11.5 Å². The van der Waals surface area contributed by atoms with Gasteiger partial charge in [0.25, 0.3) is 0 Å². The number of aryl methyl sites for hydroxylation is 2. The van der Waals surface area contributed by atoms with Gasteiger partial charge in [-0.05, 0) is 62.4 Å². The van der Waals surface area contributed by atoms with Crippen molar-refractivity contribution in [1.29, 1.82) is 0 Å². The highest BCUT2D eigenvalue weighted by Gasteiger charge is 2.13. The van der Waals surface area contributed by atoms with Crippen LogP contribution in [0.1, 0.15) is 16.7 Å². The van der Waals surface area contributed by atoms with Gasteiger partial charge in [-0.2, -0.15) is 0 Å². The second-order valence-electron chi connectivity index (χ2n) is 5.19. The molecule has 0 aromatic heterocycles. The molecule has 118 valence electrons. The first-order valence-electron chi connectivity index (χ1n) is 6.86. The van der Waals surface area contributed by atoms with Crippen LogP contribution < -0.4 is 15.2 Å². The van der Waals surface area contributed by atoms with Crippen LogP contribution in [0.2, 0.25) is 0 Å². The summed E-state index contributed by atoms with van der Waals surface area (Å²) in [6.07, 6.45) is 0. The summed E-state index contributed by atoms with van der Waals surface area (Å²) in [6, 6.07) is 10.4. The number of benzene rings is 2. The Morgan fingerprint density at radius 3 is 2.41 bits per heavy atom. The summed E-state index contributed by atoms with van der Waals surface area (Å²) in [6.45, 7) is 4.52. The van der Waals surface area contributed by atoms with Gasteiger partial charge in [-0.25, -0.2) is 13.6 Å². The Morgan fingerprint density at radius 2 is 1.82 bits per heavy atom. The van der Waals surface area contributed by atoms with Gasteiger partial charge in [0.2, 0.25) is 10.0 Å². The van der Waals surface area contributed by atoms with Crippen molar-refractivity contribution in [3.05, 3.63) is 53.1 Å². The van der Waals surface area contributed by atoms with Crippen molar-refractivity contribution in [2.45, 2.75) is 25.3 Å². The second-order valence-corrected chi connectivity index (χ2v) is 6.75. The van der Waals surface area contributed by atoms with Crippen molar-refractivity contribution in [1.82, 2.24) is 5.32 Å². The zero-order valence-electron chi connectivity index (χ0n) is 12.9. The molecule has 6 heteroatoms. The molecule has 0 amide bonds. The first-order valence-corrected chi connectivity index (χ1v) is 8.41. The largest absolute Gasteiger partial charge is 0.457 e. The maximum atomic E-state index is 11.5. The summed E-state index contributed by atoms with van der Waals surface area (Å²) < 4.78 is 28.8. The minimum absolute atomic E-state index is 0.0742. The summed E-state index contributed by atoms with van der Waals surface area (Å²) in [5, 5.41) is 8.17. The highest BCUT2D eigenvalue weighted by atomic mass is 32.2. The van der Waals surface area contributed by atoms with Gasteiger partial charge in [-0.15, -0.1) is 0 Å². The van der Waals surface area contributed by atoms with Crippen LogP contribution in [-0.4, -0.2) is 15.5 Å². The zero-order chi connectivity index (χ0) is 16.3. The third kappa shape index (κ3) is 3.85. The summed E-state index contributed by atoms with van der Waals surface area (Å²) >= 11 is 0. The number of hydrogen-bond donors (Lipinski definition) is 2. The number of nitrogens with one attached hydrogen (secondary N) is 1. The van der Waals surface area contributed by atoms with E-state index in [1.807, 2.05) is 32.0 Å². The molecule has 0 aliphatic rings. The molecule has 2 aromatic carbocycles. The van der Waals surface area contributed by atoms with E-state index in [2.05, 4.69) is 5.32 Å². The van der Waals surface area contributed by atoms with Crippen molar-refractivity contribution < 1.29 is 13.2 Å². The Kier molecular flexibility index (Phi) is 4.85. The lowest BCUT2D eigenvalue weighted by molar-refractivity contribution is 0.473. The van der Waals surface area contributed by atoms with E-state index in [9.17, 15) is 8.42 Å². The molecule has 0 unspecified atom stereocenters. The Bertz CT molecular complexity index is 786. The first-order chi connectivity index (χ1) is 10.3. The van der Waals surface area contributed by atoms with E-state index in [4.69, 9.17) is 9.88 Å². The Morgan fingerprint density at radius 1 is 1.09 bits per heavy atom. The minimum Gasteiger partial charge on any atom is -0.457 e. The molecule has 3 N–H and O–H groups in total. The van der Waals surface area contributed by atoms with Crippen molar-refractivity contribution in [2.24, 2.45) is 5.14 Å². The maximum Gasteiger partial charge on any atom is 0.238 e. The normalized spacial score (nSPS) is 11.5. The molecule has 0 radical (unpaired) electrons. The predicted octanol–water partition coefficient (Wildman–Crippen LogP) is 2.46. The molecule has 5 nitrogen and oxygen atoms in total. The standard InChI is InChI=1S/C16H20N2O3S/c1-11-4-5-14(8-12(11)2)21-16-7-6-15(22(17,19)20)9-13(16)10-18-3/h4-9,18H,10H2,1-3H3,(H2,17,19,20). The minimum atomic E-state index is -3.73. The van der Waals surface area contributed by atoms with Crippen LogP contribution in [0.4, 0.5) is 0 Å². The molecule has 0 saturated heterocycles. The van der Waals surface area contributed by atoms with Gasteiger partial charge in [-0.1, -0.05) is 6.07 Å². The lowest BCUT2D eigenvalue weighted by atomic mass is 10.1. The van der Waals surface area contributed by atoms with E-state index < -0.39 is 10.0 Å². The monoisotopic (exact) mass is 320 g/mol. The third-order valence-corrected chi connectivity index (χ3v) is 4.34. The van der Waals surface area contributed by atoms with E-state index in [0.717, 1.165) is 11.1 Å². The third-order valence-electron chi connectivity index (χ3n) is 3.43. The maximum absolute atomic E-state index is 11.5. The van der Waals surface area contributed by atoms with Gasteiger partial charge in [0.1, 0.15) is 11.5 Å². The summed E-state index contributed by atoms with van der Waals surface area (Å²) in [5.41, 5.74) is 3.05. The zero-order valence-corrected chi connectivity index (χ0v) is 13.7. The molecule has 0 aliphatic carbocycles. The molecule has 2 rings (SSSR count). The van der Waals surface area contributed by atoms with Gasteiger partial charge in [0.05, 0.1) is 4.90 Å². The van der Waals surface area contributed by atoms with Crippen LogP contribution >= 0.6 is 0 Å². The number of ether oxygens (including phenoxy) is 1. The molecule has 0 heterocycles. The van der Waals surface area contributed by atoms with Crippen LogP contribution in [0.15, 0.2) is 41.3 Å². The molecule has 0 saturated carbocycles. The van der Waals surface area contributed by atoms with E-state index in [1.165, 1.54) is 17.7 Å². The first kappa shape index (κ1) is 16.5. The fraction of sp³-hybridized carbons (Fsp3) is 0.250. The van der Waals surface area contributed by atoms with Crippen LogP contribution in [0.3, 0.4) is 0 Å². The van der Waals surface area contributed by atoms with E-state index in [0.29, 0.717) is 18.0 Å². The van der Waals surface area contributed by atoms with Crippen molar-refractivity contribution in [2.75, 3.05) is 7.05 Å². The molecule has 0 fully saturated rings. The molecular weight excluding hydrogens is 300 g/mol. The molecule has 22 heavy (non-hydrogen) atoms. The lowest BCUT2D eigenvalue weighted by Crippen LogP contribution is -2.14. The topological polar surface area (TPSA) is 81.4 Å². The number of hydrogen-bond acceptors (Lipinski definition) is 4.